The molecule has 31 heavy (non-hydrogen) atoms. The molecule has 1 aliphatic heterocycles. The van der Waals surface area contributed by atoms with Crippen LogP contribution in [0.4, 0.5) is 4.39 Å². The molecular formula is C24H20FNO5. The lowest BCUT2D eigenvalue weighted by molar-refractivity contribution is -0.140. The second-order valence-electron chi connectivity index (χ2n) is 7.21. The van der Waals surface area contributed by atoms with Crippen molar-refractivity contribution in [1.82, 2.24) is 4.90 Å². The fraction of sp³-hybridized carbons (Fsp3) is 0.167. The molecule has 0 aliphatic carbocycles. The van der Waals surface area contributed by atoms with E-state index in [1.165, 1.54) is 30.4 Å². The highest BCUT2D eigenvalue weighted by Crippen LogP contribution is 2.42. The summed E-state index contributed by atoms with van der Waals surface area (Å²) in [6.07, 6.45) is 1.48. The lowest BCUT2D eigenvalue weighted by Crippen LogP contribution is -2.29. The molecule has 1 saturated heterocycles. The zero-order chi connectivity index (χ0) is 22.1. The van der Waals surface area contributed by atoms with Crippen molar-refractivity contribution in [2.45, 2.75) is 19.5 Å². The first kappa shape index (κ1) is 20.4. The molecule has 0 saturated carbocycles. The van der Waals surface area contributed by atoms with Crippen LogP contribution in [0.2, 0.25) is 0 Å². The minimum atomic E-state index is -0.876. The van der Waals surface area contributed by atoms with Crippen LogP contribution in [0.15, 0.2) is 70.9 Å². The van der Waals surface area contributed by atoms with Gasteiger partial charge in [-0.1, -0.05) is 24.3 Å². The summed E-state index contributed by atoms with van der Waals surface area (Å²) in [5.74, 6) is -2.07. The molecule has 1 atom stereocenters. The van der Waals surface area contributed by atoms with Crippen LogP contribution in [-0.4, -0.2) is 28.8 Å². The van der Waals surface area contributed by atoms with Crippen LogP contribution < -0.4 is 4.74 Å². The van der Waals surface area contributed by atoms with Gasteiger partial charge in [0.2, 0.25) is 0 Å². The van der Waals surface area contributed by atoms with Gasteiger partial charge in [0.15, 0.2) is 0 Å². The van der Waals surface area contributed by atoms with Crippen molar-refractivity contribution in [2.24, 2.45) is 0 Å². The average molecular weight is 421 g/mol. The van der Waals surface area contributed by atoms with E-state index in [0.29, 0.717) is 11.3 Å². The molecule has 0 bridgehead atoms. The van der Waals surface area contributed by atoms with Crippen molar-refractivity contribution >= 4 is 17.4 Å². The molecule has 0 spiro atoms. The number of likely N-dealkylation sites (tertiary alicyclic amines) is 1. The number of aliphatic hydroxyl groups is 1. The first-order valence-corrected chi connectivity index (χ1v) is 9.62. The first-order chi connectivity index (χ1) is 14.9. The Morgan fingerprint density at radius 1 is 1.16 bits per heavy atom. The first-order valence-electron chi connectivity index (χ1n) is 9.62. The van der Waals surface area contributed by atoms with Gasteiger partial charge in [-0.3, -0.25) is 9.59 Å². The Bertz CT molecular complexity index is 1180. The van der Waals surface area contributed by atoms with Crippen LogP contribution in [-0.2, 0) is 16.1 Å². The van der Waals surface area contributed by atoms with Crippen molar-refractivity contribution < 1.29 is 28.2 Å². The number of rotatable bonds is 5. The highest BCUT2D eigenvalue weighted by molar-refractivity contribution is 6.46. The zero-order valence-corrected chi connectivity index (χ0v) is 17.0. The number of hydrogen-bond donors (Lipinski definition) is 1. The van der Waals surface area contributed by atoms with Crippen LogP contribution in [0.25, 0.3) is 5.76 Å². The van der Waals surface area contributed by atoms with Crippen molar-refractivity contribution in [3.05, 3.63) is 94.7 Å². The monoisotopic (exact) mass is 421 g/mol. The summed E-state index contributed by atoms with van der Waals surface area (Å²) in [6.45, 7) is 1.89. The summed E-state index contributed by atoms with van der Waals surface area (Å²) in [4.78, 5) is 27.4. The standard InChI is InChI=1S/C24H20FNO5/c1-14-6-3-4-8-17(14)21-20(22(27)18-12-15(25)9-10-19(18)30-2)23(28)24(29)26(21)13-16-7-5-11-31-16/h3-12,21,27H,13H2,1-2H3/b22-20+. The molecule has 2 aromatic carbocycles. The van der Waals surface area contributed by atoms with Crippen molar-refractivity contribution in [2.75, 3.05) is 7.11 Å². The number of amides is 1. The Kier molecular flexibility index (Phi) is 5.33. The topological polar surface area (TPSA) is 80.0 Å². The van der Waals surface area contributed by atoms with Crippen molar-refractivity contribution in [3.8, 4) is 5.75 Å². The molecule has 3 aromatic rings. The number of carbonyl (C=O) groups is 2. The maximum Gasteiger partial charge on any atom is 0.296 e. The minimum Gasteiger partial charge on any atom is -0.507 e. The van der Waals surface area contributed by atoms with Crippen LogP contribution in [0.3, 0.4) is 0 Å². The molecule has 6 nitrogen and oxygen atoms in total. The highest BCUT2D eigenvalue weighted by atomic mass is 19.1. The zero-order valence-electron chi connectivity index (χ0n) is 17.0. The molecule has 1 fully saturated rings. The Morgan fingerprint density at radius 3 is 2.61 bits per heavy atom. The van der Waals surface area contributed by atoms with E-state index in [0.717, 1.165) is 11.6 Å². The number of aryl methyl sites for hydroxylation is 1. The van der Waals surface area contributed by atoms with E-state index < -0.39 is 29.3 Å². The summed E-state index contributed by atoms with van der Waals surface area (Å²) in [6, 6.07) is 13.4. The predicted octanol–water partition coefficient (Wildman–Crippen LogP) is 4.36. The SMILES string of the molecule is COc1ccc(F)cc1/C(O)=C1\C(=O)C(=O)N(Cc2ccco2)C1c1ccccc1C. The maximum atomic E-state index is 14.0. The molecule has 1 unspecified atom stereocenters. The lowest BCUT2D eigenvalue weighted by Gasteiger charge is -2.26. The molecular weight excluding hydrogens is 401 g/mol. The summed E-state index contributed by atoms with van der Waals surface area (Å²) < 4.78 is 24.6. The summed E-state index contributed by atoms with van der Waals surface area (Å²) in [5, 5.41) is 11.1. The van der Waals surface area contributed by atoms with E-state index in [4.69, 9.17) is 9.15 Å². The molecule has 1 aromatic heterocycles. The number of carbonyl (C=O) groups excluding carboxylic acids is 2. The molecule has 1 amide bonds. The van der Waals surface area contributed by atoms with E-state index in [9.17, 15) is 19.1 Å². The lowest BCUT2D eigenvalue weighted by atomic mass is 9.92. The third-order valence-electron chi connectivity index (χ3n) is 5.35. The molecule has 158 valence electrons. The Balaban J connectivity index is 1.94. The van der Waals surface area contributed by atoms with E-state index in [-0.39, 0.29) is 23.4 Å². The quantitative estimate of drug-likeness (QED) is 0.376. The third kappa shape index (κ3) is 3.59. The van der Waals surface area contributed by atoms with Gasteiger partial charge in [0.05, 0.1) is 37.1 Å². The van der Waals surface area contributed by atoms with Crippen LogP contribution in [0.1, 0.15) is 28.5 Å². The fourth-order valence-electron chi connectivity index (χ4n) is 3.84. The van der Waals surface area contributed by atoms with E-state index in [2.05, 4.69) is 0 Å². The highest BCUT2D eigenvalue weighted by Gasteiger charge is 2.47. The van der Waals surface area contributed by atoms with Gasteiger partial charge in [0.1, 0.15) is 23.1 Å². The van der Waals surface area contributed by atoms with Crippen molar-refractivity contribution in [3.63, 3.8) is 0 Å². The van der Waals surface area contributed by atoms with E-state index in [1.54, 1.807) is 24.3 Å². The number of benzene rings is 2. The number of methoxy groups -OCH3 is 1. The minimum absolute atomic E-state index is 0.00270. The number of hydrogen-bond acceptors (Lipinski definition) is 5. The van der Waals surface area contributed by atoms with Gasteiger partial charge in [-0.2, -0.15) is 0 Å². The molecule has 1 N–H and O–H groups in total. The van der Waals surface area contributed by atoms with Crippen LogP contribution >= 0.6 is 0 Å². The maximum absolute atomic E-state index is 14.0. The van der Waals surface area contributed by atoms with Gasteiger partial charge in [-0.05, 0) is 48.4 Å². The van der Waals surface area contributed by atoms with E-state index in [1.807, 2.05) is 19.1 Å². The smallest absolute Gasteiger partial charge is 0.296 e. The molecule has 4 rings (SSSR count). The largest absolute Gasteiger partial charge is 0.507 e. The number of ether oxygens (including phenoxy) is 1. The Morgan fingerprint density at radius 2 is 1.94 bits per heavy atom. The van der Waals surface area contributed by atoms with Gasteiger partial charge in [0.25, 0.3) is 11.7 Å². The second-order valence-corrected chi connectivity index (χ2v) is 7.21. The number of Topliss-reactive ketones (excluding diaryl/α,β-unsaturated/α-hetero) is 1. The Hall–Kier alpha value is -3.87. The third-order valence-corrected chi connectivity index (χ3v) is 5.35. The van der Waals surface area contributed by atoms with Crippen LogP contribution in [0, 0.1) is 12.7 Å². The summed E-state index contributed by atoms with van der Waals surface area (Å²) in [7, 11) is 1.37. The molecule has 2 heterocycles. The number of nitrogens with zero attached hydrogens (tertiary/aromatic N) is 1. The number of ketones is 1. The van der Waals surface area contributed by atoms with Gasteiger partial charge >= 0.3 is 0 Å². The normalized spacial score (nSPS) is 17.9. The number of aliphatic hydroxyl groups excluding tert-OH is 1. The predicted molar refractivity (Wildman–Crippen MR) is 111 cm³/mol. The van der Waals surface area contributed by atoms with Gasteiger partial charge < -0.3 is 19.2 Å². The summed E-state index contributed by atoms with van der Waals surface area (Å²) >= 11 is 0. The number of halogens is 1. The van der Waals surface area contributed by atoms with E-state index >= 15 is 0 Å². The molecule has 7 heteroatoms. The van der Waals surface area contributed by atoms with Crippen molar-refractivity contribution in [1.29, 1.82) is 0 Å². The molecule has 0 radical (unpaired) electrons. The molecule has 1 aliphatic rings. The second kappa shape index (κ2) is 8.10. The number of furan rings is 1. The average Bonchev–Trinajstić information content (AvgIpc) is 3.36. The van der Waals surface area contributed by atoms with Crippen LogP contribution in [0.5, 0.6) is 5.75 Å². The van der Waals surface area contributed by atoms with Gasteiger partial charge in [-0.25, -0.2) is 4.39 Å². The Labute approximate surface area is 178 Å². The fourth-order valence-corrected chi connectivity index (χ4v) is 3.84. The van der Waals surface area contributed by atoms with Gasteiger partial charge in [-0.15, -0.1) is 0 Å². The van der Waals surface area contributed by atoms with Gasteiger partial charge in [0, 0.05) is 0 Å². The summed E-state index contributed by atoms with van der Waals surface area (Å²) in [5.41, 5.74) is 1.37.